The number of carbonyl (C=O) groups excluding carboxylic acids is 1. The van der Waals surface area contributed by atoms with Gasteiger partial charge in [0, 0.05) is 22.2 Å². The van der Waals surface area contributed by atoms with Crippen LogP contribution in [0.2, 0.25) is 0 Å². The van der Waals surface area contributed by atoms with Gasteiger partial charge in [-0.2, -0.15) is 0 Å². The molecule has 142 valence electrons. The number of anilines is 1. The number of fused-ring (bicyclic) bond motifs is 2. The molecular formula is C21H19N3O4. The van der Waals surface area contributed by atoms with Crippen molar-refractivity contribution in [1.29, 1.82) is 0 Å². The number of para-hydroxylation sites is 1. The van der Waals surface area contributed by atoms with Crippen LogP contribution in [0.4, 0.5) is 5.69 Å². The second kappa shape index (κ2) is 6.66. The molecule has 0 bridgehead atoms. The molecular weight excluding hydrogens is 358 g/mol. The number of nitro groups is 1. The molecule has 0 aliphatic carbocycles. The van der Waals surface area contributed by atoms with Crippen LogP contribution in [0.5, 0.6) is 5.75 Å². The molecule has 2 N–H and O–H groups in total. The van der Waals surface area contributed by atoms with E-state index in [1.54, 1.807) is 48.5 Å². The van der Waals surface area contributed by atoms with E-state index in [1.807, 2.05) is 6.92 Å². The third kappa shape index (κ3) is 2.53. The summed E-state index contributed by atoms with van der Waals surface area (Å²) >= 11 is 0. The van der Waals surface area contributed by atoms with Gasteiger partial charge >= 0.3 is 0 Å². The van der Waals surface area contributed by atoms with Crippen LogP contribution in [0.15, 0.2) is 48.5 Å². The monoisotopic (exact) mass is 377 g/mol. The first kappa shape index (κ1) is 18.0. The summed E-state index contributed by atoms with van der Waals surface area (Å²) in [5.74, 6) is 2.11. The fourth-order valence-corrected chi connectivity index (χ4v) is 4.46. The third-order valence-corrected chi connectivity index (χ3v) is 5.55. The summed E-state index contributed by atoms with van der Waals surface area (Å²) in [6.07, 6.45) is 5.20. The highest BCUT2D eigenvalue weighted by Crippen LogP contribution is 2.49. The highest BCUT2D eigenvalue weighted by atomic mass is 16.6. The van der Waals surface area contributed by atoms with E-state index in [1.165, 1.54) is 0 Å². The summed E-state index contributed by atoms with van der Waals surface area (Å²) in [7, 11) is 0. The number of nitrogens with one attached hydrogen (secondary N) is 2. The zero-order valence-electron chi connectivity index (χ0n) is 15.2. The Hall–Kier alpha value is -3.37. The van der Waals surface area contributed by atoms with Gasteiger partial charge in [0.25, 0.3) is 11.9 Å². The molecule has 2 aromatic rings. The van der Waals surface area contributed by atoms with E-state index in [4.69, 9.17) is 11.2 Å². The molecule has 0 saturated carbocycles. The Morgan fingerprint density at radius 3 is 2.64 bits per heavy atom. The first-order valence-corrected chi connectivity index (χ1v) is 8.97. The minimum atomic E-state index is -1.40. The van der Waals surface area contributed by atoms with Gasteiger partial charge in [-0.3, -0.25) is 20.2 Å². The zero-order valence-corrected chi connectivity index (χ0v) is 15.2. The lowest BCUT2D eigenvalue weighted by atomic mass is 9.78. The molecule has 7 nitrogen and oxygen atoms in total. The van der Waals surface area contributed by atoms with E-state index >= 15 is 0 Å². The maximum Gasteiger partial charge on any atom is 0.256 e. The van der Waals surface area contributed by atoms with Crippen LogP contribution >= 0.6 is 0 Å². The van der Waals surface area contributed by atoms with Gasteiger partial charge in [-0.1, -0.05) is 36.3 Å². The molecule has 2 aromatic carbocycles. The van der Waals surface area contributed by atoms with Crippen molar-refractivity contribution in [3.63, 3.8) is 0 Å². The van der Waals surface area contributed by atoms with Crippen LogP contribution in [-0.2, 0) is 10.3 Å². The second-order valence-electron chi connectivity index (χ2n) is 7.06. The molecule has 4 atom stereocenters. The van der Waals surface area contributed by atoms with Crippen molar-refractivity contribution in [3.8, 4) is 18.1 Å². The van der Waals surface area contributed by atoms with Gasteiger partial charge in [-0.25, -0.2) is 0 Å². The Morgan fingerprint density at radius 2 is 1.96 bits per heavy atom. The van der Waals surface area contributed by atoms with Gasteiger partial charge in [0.2, 0.25) is 0 Å². The van der Waals surface area contributed by atoms with E-state index in [2.05, 4.69) is 16.6 Å². The molecule has 2 aliphatic heterocycles. The number of ether oxygens (including phenoxy) is 1. The van der Waals surface area contributed by atoms with Crippen molar-refractivity contribution >= 4 is 11.6 Å². The van der Waals surface area contributed by atoms with E-state index in [-0.39, 0.29) is 17.6 Å². The van der Waals surface area contributed by atoms with Crippen LogP contribution in [0.3, 0.4) is 0 Å². The van der Waals surface area contributed by atoms with Crippen molar-refractivity contribution in [2.75, 3.05) is 11.9 Å². The average molecular weight is 377 g/mol. The average Bonchev–Trinajstić information content (AvgIpc) is 3.15. The number of amides is 1. The molecule has 1 amide bonds. The highest BCUT2D eigenvalue weighted by molar-refractivity contribution is 6.07. The van der Waals surface area contributed by atoms with Crippen LogP contribution in [0.1, 0.15) is 24.0 Å². The first-order chi connectivity index (χ1) is 13.5. The number of nitrogens with zero attached hydrogens (tertiary/aromatic N) is 1. The predicted molar refractivity (Wildman–Crippen MR) is 104 cm³/mol. The lowest BCUT2D eigenvalue weighted by molar-refractivity contribution is -0.532. The normalized spacial score (nSPS) is 27.9. The number of hydrogen-bond acceptors (Lipinski definition) is 5. The van der Waals surface area contributed by atoms with Crippen molar-refractivity contribution in [2.24, 2.45) is 0 Å². The summed E-state index contributed by atoms with van der Waals surface area (Å²) in [5, 5.41) is 18.2. The summed E-state index contributed by atoms with van der Waals surface area (Å²) < 4.78 is 5.38. The van der Waals surface area contributed by atoms with E-state index in [9.17, 15) is 14.9 Å². The molecule has 0 aromatic heterocycles. The third-order valence-electron chi connectivity index (χ3n) is 5.55. The number of carbonyl (C=O) groups is 1. The quantitative estimate of drug-likeness (QED) is 0.484. The van der Waals surface area contributed by atoms with Gasteiger partial charge < -0.3 is 10.1 Å². The fraction of sp³-hybridized carbons (Fsp3) is 0.286. The van der Waals surface area contributed by atoms with E-state index in [0.29, 0.717) is 17.0 Å². The maximum atomic E-state index is 12.9. The summed E-state index contributed by atoms with van der Waals surface area (Å²) in [6.45, 7) is 2.02. The Labute approximate surface area is 162 Å². The standard InChI is InChI=1S/C21H19N3O4/c1-3-12-28-15-10-8-14(9-11-15)18-13(2)23-21(19(18)24(26)27)16-6-4-5-7-17(16)22-20(21)25/h1,4-11,13,18-19,23H,12H2,2H3,(H,22,25)/t13-,18-,19-,21-/m0/s1. The van der Waals surface area contributed by atoms with Gasteiger partial charge in [0.05, 0.1) is 5.92 Å². The Balaban J connectivity index is 1.77. The highest BCUT2D eigenvalue weighted by Gasteiger charge is 2.67. The number of benzene rings is 2. The molecule has 2 heterocycles. The van der Waals surface area contributed by atoms with Crippen LogP contribution < -0.4 is 15.4 Å². The van der Waals surface area contributed by atoms with Gasteiger partial charge in [0.1, 0.15) is 12.4 Å². The van der Waals surface area contributed by atoms with Crippen molar-refractivity contribution in [3.05, 3.63) is 69.8 Å². The number of rotatable bonds is 4. The first-order valence-electron chi connectivity index (χ1n) is 8.97. The molecule has 0 unspecified atom stereocenters. The molecule has 1 saturated heterocycles. The minimum absolute atomic E-state index is 0.151. The Morgan fingerprint density at radius 1 is 1.25 bits per heavy atom. The lowest BCUT2D eigenvalue weighted by Crippen LogP contribution is -2.54. The Kier molecular flexibility index (Phi) is 4.28. The van der Waals surface area contributed by atoms with Crippen molar-refractivity contribution in [1.82, 2.24) is 5.32 Å². The van der Waals surface area contributed by atoms with Crippen LogP contribution in [-0.4, -0.2) is 29.5 Å². The predicted octanol–water partition coefficient (Wildman–Crippen LogP) is 2.27. The zero-order chi connectivity index (χ0) is 19.9. The number of terminal acetylenes is 1. The van der Waals surface area contributed by atoms with Gasteiger partial charge in [-0.15, -0.1) is 6.42 Å². The number of hydrogen-bond donors (Lipinski definition) is 2. The summed E-state index contributed by atoms with van der Waals surface area (Å²) in [4.78, 5) is 24.8. The largest absolute Gasteiger partial charge is 0.481 e. The van der Waals surface area contributed by atoms with E-state index < -0.39 is 23.4 Å². The summed E-state index contributed by atoms with van der Waals surface area (Å²) in [6, 6.07) is 12.7. The fourth-order valence-electron chi connectivity index (χ4n) is 4.46. The van der Waals surface area contributed by atoms with E-state index in [0.717, 1.165) is 5.56 Å². The Bertz CT molecular complexity index is 982. The molecule has 28 heavy (non-hydrogen) atoms. The maximum absolute atomic E-state index is 12.9. The smallest absolute Gasteiger partial charge is 0.256 e. The topological polar surface area (TPSA) is 93.5 Å². The second-order valence-corrected chi connectivity index (χ2v) is 7.06. The SMILES string of the molecule is C#CCOc1ccc([C@@H]2[C@H](C)N[C@]3(C(=O)Nc4ccccc43)[C@H]2[N+](=O)[O-])cc1. The van der Waals surface area contributed by atoms with Crippen molar-refractivity contribution in [2.45, 2.75) is 30.5 Å². The molecule has 1 spiro atoms. The van der Waals surface area contributed by atoms with Gasteiger partial charge in [-0.05, 0) is 30.7 Å². The van der Waals surface area contributed by atoms with Crippen LogP contribution in [0, 0.1) is 22.5 Å². The van der Waals surface area contributed by atoms with Gasteiger partial charge in [0.15, 0.2) is 5.54 Å². The lowest BCUT2D eigenvalue weighted by Gasteiger charge is -2.25. The molecule has 7 heteroatoms. The molecule has 0 radical (unpaired) electrons. The molecule has 4 rings (SSSR count). The van der Waals surface area contributed by atoms with Crippen LogP contribution in [0.25, 0.3) is 0 Å². The molecule has 1 fully saturated rings. The van der Waals surface area contributed by atoms with Crippen molar-refractivity contribution < 1.29 is 14.5 Å². The summed E-state index contributed by atoms with van der Waals surface area (Å²) in [5.41, 5.74) is 0.592. The minimum Gasteiger partial charge on any atom is -0.481 e. The molecule has 2 aliphatic rings.